The zero-order valence-corrected chi connectivity index (χ0v) is 14.7. The molecule has 0 bridgehead atoms. The van der Waals surface area contributed by atoms with Gasteiger partial charge in [0.15, 0.2) is 6.61 Å². The van der Waals surface area contributed by atoms with E-state index in [4.69, 9.17) is 9.15 Å². The number of rotatable bonds is 6. The van der Waals surface area contributed by atoms with Crippen LogP contribution in [0.25, 0.3) is 0 Å². The molecule has 0 aliphatic rings. The first-order valence-corrected chi connectivity index (χ1v) is 7.70. The van der Waals surface area contributed by atoms with Gasteiger partial charge in [-0.05, 0) is 49.7 Å². The molecule has 1 aromatic carbocycles. The molecule has 25 heavy (non-hydrogen) atoms. The van der Waals surface area contributed by atoms with Crippen molar-refractivity contribution < 1.29 is 18.7 Å². The van der Waals surface area contributed by atoms with Crippen molar-refractivity contribution in [3.05, 3.63) is 53.5 Å². The van der Waals surface area contributed by atoms with Crippen LogP contribution in [0.15, 0.2) is 46.1 Å². The largest absolute Gasteiger partial charge is 0.484 e. The van der Waals surface area contributed by atoms with E-state index in [2.05, 4.69) is 10.5 Å². The molecule has 1 aromatic heterocycles. The third kappa shape index (κ3) is 4.94. The Kier molecular flexibility index (Phi) is 5.94. The monoisotopic (exact) mass is 343 g/mol. The second-order valence-corrected chi connectivity index (χ2v) is 5.63. The summed E-state index contributed by atoms with van der Waals surface area (Å²) in [7, 11) is 3.35. The van der Waals surface area contributed by atoms with Crippen molar-refractivity contribution in [3.8, 4) is 5.75 Å². The van der Waals surface area contributed by atoms with Gasteiger partial charge in [-0.25, -0.2) is 5.43 Å². The van der Waals surface area contributed by atoms with Crippen LogP contribution < -0.4 is 10.2 Å². The zero-order valence-electron chi connectivity index (χ0n) is 14.7. The lowest BCUT2D eigenvalue weighted by Crippen LogP contribution is -2.27. The van der Waals surface area contributed by atoms with Crippen LogP contribution in [-0.2, 0) is 4.79 Å². The van der Waals surface area contributed by atoms with E-state index in [1.807, 2.05) is 12.1 Å². The van der Waals surface area contributed by atoms with Crippen LogP contribution in [0.4, 0.5) is 0 Å². The highest BCUT2D eigenvalue weighted by atomic mass is 16.5. The van der Waals surface area contributed by atoms with Crippen LogP contribution in [0.5, 0.6) is 5.75 Å². The lowest BCUT2D eigenvalue weighted by atomic mass is 10.1. The molecule has 7 heteroatoms. The molecule has 0 spiro atoms. The van der Waals surface area contributed by atoms with Gasteiger partial charge in [0.25, 0.3) is 11.8 Å². The van der Waals surface area contributed by atoms with E-state index in [-0.39, 0.29) is 18.4 Å². The molecule has 0 fully saturated rings. The van der Waals surface area contributed by atoms with E-state index < -0.39 is 0 Å². The lowest BCUT2D eigenvalue weighted by molar-refractivity contribution is -0.130. The normalized spacial score (nSPS) is 11.1. The van der Waals surface area contributed by atoms with Crippen molar-refractivity contribution in [1.82, 2.24) is 10.3 Å². The molecule has 132 valence electrons. The highest BCUT2D eigenvalue weighted by molar-refractivity contribution is 6.01. The summed E-state index contributed by atoms with van der Waals surface area (Å²) >= 11 is 0. The maximum atomic E-state index is 12.0. The Morgan fingerprint density at radius 3 is 2.44 bits per heavy atom. The van der Waals surface area contributed by atoms with Gasteiger partial charge in [-0.1, -0.05) is 0 Å². The summed E-state index contributed by atoms with van der Waals surface area (Å²) < 4.78 is 10.5. The highest BCUT2D eigenvalue weighted by Crippen LogP contribution is 2.13. The standard InChI is InChI=1S/C18H21N3O4/c1-12(19-20-18(23)16-9-10-24-13(16)2)14-5-7-15(8-6-14)25-11-17(22)21(3)4/h5-10H,11H2,1-4H3,(H,20,23)/b19-12-. The molecule has 0 aliphatic carbocycles. The second kappa shape index (κ2) is 8.14. The fraction of sp³-hybridized carbons (Fsp3) is 0.278. The molecule has 0 atom stereocenters. The summed E-state index contributed by atoms with van der Waals surface area (Å²) in [6, 6.07) is 8.71. The van der Waals surface area contributed by atoms with Crippen molar-refractivity contribution in [2.45, 2.75) is 13.8 Å². The van der Waals surface area contributed by atoms with E-state index in [0.29, 0.717) is 22.8 Å². The molecule has 7 nitrogen and oxygen atoms in total. The smallest absolute Gasteiger partial charge is 0.274 e. The number of hydrogen-bond acceptors (Lipinski definition) is 5. The van der Waals surface area contributed by atoms with E-state index in [1.165, 1.54) is 11.2 Å². The SMILES string of the molecule is C/C(=N/NC(=O)c1ccoc1C)c1ccc(OCC(=O)N(C)C)cc1. The number of nitrogens with one attached hydrogen (secondary N) is 1. The Morgan fingerprint density at radius 1 is 1.20 bits per heavy atom. The number of benzene rings is 1. The van der Waals surface area contributed by atoms with E-state index >= 15 is 0 Å². The maximum absolute atomic E-state index is 12.0. The Morgan fingerprint density at radius 2 is 1.88 bits per heavy atom. The Labute approximate surface area is 146 Å². The summed E-state index contributed by atoms with van der Waals surface area (Å²) in [5, 5.41) is 4.09. The van der Waals surface area contributed by atoms with Crippen LogP contribution in [-0.4, -0.2) is 43.1 Å². The van der Waals surface area contributed by atoms with E-state index in [0.717, 1.165) is 5.56 Å². The van der Waals surface area contributed by atoms with E-state index in [1.54, 1.807) is 46.1 Å². The molecular formula is C18H21N3O4. The van der Waals surface area contributed by atoms with Gasteiger partial charge in [-0.15, -0.1) is 0 Å². The quantitative estimate of drug-likeness (QED) is 0.644. The van der Waals surface area contributed by atoms with Crippen molar-refractivity contribution >= 4 is 17.5 Å². The van der Waals surface area contributed by atoms with Crippen LogP contribution >= 0.6 is 0 Å². The number of hydrogen-bond donors (Lipinski definition) is 1. The van der Waals surface area contributed by atoms with Gasteiger partial charge < -0.3 is 14.1 Å². The number of carbonyl (C=O) groups is 2. The first kappa shape index (κ1) is 18.3. The molecule has 0 aliphatic heterocycles. The molecular weight excluding hydrogens is 322 g/mol. The molecule has 2 rings (SSSR count). The maximum Gasteiger partial charge on any atom is 0.274 e. The Balaban J connectivity index is 1.95. The van der Waals surface area contributed by atoms with E-state index in [9.17, 15) is 9.59 Å². The van der Waals surface area contributed by atoms with Crippen molar-refractivity contribution in [2.24, 2.45) is 5.10 Å². The van der Waals surface area contributed by atoms with Gasteiger partial charge >= 0.3 is 0 Å². The molecule has 0 saturated carbocycles. The van der Waals surface area contributed by atoms with Gasteiger partial charge in [0, 0.05) is 14.1 Å². The summed E-state index contributed by atoms with van der Waals surface area (Å²) in [6.45, 7) is 3.48. The number of likely N-dealkylation sites (N-methyl/N-ethyl adjacent to an activating group) is 1. The number of aryl methyl sites for hydroxylation is 1. The summed E-state index contributed by atoms with van der Waals surface area (Å²) in [5.74, 6) is 0.691. The molecule has 0 saturated heterocycles. The van der Waals surface area contributed by atoms with Crippen molar-refractivity contribution in [1.29, 1.82) is 0 Å². The first-order chi connectivity index (χ1) is 11.9. The minimum Gasteiger partial charge on any atom is -0.484 e. The fourth-order valence-electron chi connectivity index (χ4n) is 1.95. The molecule has 1 heterocycles. The van der Waals surface area contributed by atoms with Crippen molar-refractivity contribution in [3.63, 3.8) is 0 Å². The third-order valence-corrected chi connectivity index (χ3v) is 3.56. The predicted octanol–water partition coefficient (Wildman–Crippen LogP) is 2.21. The Bertz CT molecular complexity index is 776. The van der Waals surface area contributed by atoms with Gasteiger partial charge in [0.1, 0.15) is 11.5 Å². The van der Waals surface area contributed by atoms with Crippen molar-refractivity contribution in [2.75, 3.05) is 20.7 Å². The number of amides is 2. The zero-order chi connectivity index (χ0) is 18.4. The first-order valence-electron chi connectivity index (χ1n) is 7.70. The number of nitrogens with zero attached hydrogens (tertiary/aromatic N) is 2. The average molecular weight is 343 g/mol. The van der Waals surface area contributed by atoms with Gasteiger partial charge in [-0.2, -0.15) is 5.10 Å². The van der Waals surface area contributed by atoms with Crippen LogP contribution in [0.1, 0.15) is 28.6 Å². The second-order valence-electron chi connectivity index (χ2n) is 5.63. The third-order valence-electron chi connectivity index (χ3n) is 3.56. The van der Waals surface area contributed by atoms with Crippen LogP contribution in [0.3, 0.4) is 0 Å². The number of furan rings is 1. The van der Waals surface area contributed by atoms with Crippen LogP contribution in [0.2, 0.25) is 0 Å². The number of ether oxygens (including phenoxy) is 1. The molecule has 1 N–H and O–H groups in total. The van der Waals surface area contributed by atoms with Gasteiger partial charge in [0.2, 0.25) is 0 Å². The number of hydrazone groups is 1. The fourth-order valence-corrected chi connectivity index (χ4v) is 1.95. The summed E-state index contributed by atoms with van der Waals surface area (Å²) in [6.07, 6.45) is 1.46. The summed E-state index contributed by atoms with van der Waals surface area (Å²) in [5.41, 5.74) is 4.42. The molecule has 2 amide bonds. The molecule has 0 unspecified atom stereocenters. The Hall–Kier alpha value is -3.09. The lowest BCUT2D eigenvalue weighted by Gasteiger charge is -2.11. The molecule has 2 aromatic rings. The summed E-state index contributed by atoms with van der Waals surface area (Å²) in [4.78, 5) is 25.0. The topological polar surface area (TPSA) is 84.1 Å². The minimum absolute atomic E-state index is 0.0144. The van der Waals surface area contributed by atoms with Gasteiger partial charge in [0.05, 0.1) is 17.5 Å². The van der Waals surface area contributed by atoms with Gasteiger partial charge in [-0.3, -0.25) is 9.59 Å². The molecule has 0 radical (unpaired) electrons. The highest BCUT2D eigenvalue weighted by Gasteiger charge is 2.10. The average Bonchev–Trinajstić information content (AvgIpc) is 3.03. The number of carbonyl (C=O) groups excluding carboxylic acids is 2. The minimum atomic E-state index is -0.326. The predicted molar refractivity (Wildman–Crippen MR) is 93.8 cm³/mol. The van der Waals surface area contributed by atoms with Crippen LogP contribution in [0, 0.1) is 6.92 Å².